The van der Waals surface area contributed by atoms with E-state index >= 15 is 0 Å². The smallest absolute Gasteiger partial charge is 1.00 e. The largest absolute Gasteiger partial charge is 1.00 e. The molecule has 2 aromatic rings. The average molecular weight is 595 g/mol. The van der Waals surface area contributed by atoms with E-state index in [4.69, 9.17) is 0 Å². The van der Waals surface area contributed by atoms with Crippen LogP contribution in [-0.2, 0) is 32.1 Å². The van der Waals surface area contributed by atoms with E-state index in [1.54, 1.807) is 17.6 Å². The Morgan fingerprint density at radius 3 is 1.61 bits per heavy atom. The van der Waals surface area contributed by atoms with Crippen molar-refractivity contribution in [3.63, 3.8) is 0 Å². The topological polar surface area (TPSA) is 0 Å². The summed E-state index contributed by atoms with van der Waals surface area (Å²) < 4.78 is 4.05. The Kier molecular flexibility index (Phi) is 7.08. The van der Waals surface area contributed by atoms with Crippen LogP contribution in [0.2, 0.25) is 0 Å². The number of hydrogen-bond donors (Lipinski definition) is 0. The zero-order valence-corrected chi connectivity index (χ0v) is 26.7. The predicted octanol–water partition coefficient (Wildman–Crippen LogP) is 2.83. The van der Waals surface area contributed by atoms with E-state index in [1.165, 1.54) is 44.5 Å². The maximum absolute atomic E-state index is 2.63. The standard InChI is InChI=1S/C25H25.C5H5.C3H6.2ClH.Zr/c1-14-12-24(3,4)22-8-16-7-17-9-23-19(15(2)13-25(23,5)6)11-21(17)20(16)10-18(14)22;1-2-4-5-3-1;1-3-2;;;/h7-13H,1-6H3;1-3H,4H2;1-2H3;2*1H;/q;;;;;+2/p-2. The Morgan fingerprint density at radius 2 is 1.22 bits per heavy atom. The van der Waals surface area contributed by atoms with Gasteiger partial charge in [-0.05, 0) is 0 Å². The molecule has 0 heterocycles. The van der Waals surface area contributed by atoms with E-state index in [2.05, 4.69) is 110 Å². The molecule has 2 aromatic carbocycles. The molecule has 0 aliphatic heterocycles. The van der Waals surface area contributed by atoms with Gasteiger partial charge in [-0.25, -0.2) is 0 Å². The van der Waals surface area contributed by atoms with Crippen LogP contribution in [0, 0.1) is 0 Å². The second-order valence-corrected chi connectivity index (χ2v) is 19.7. The van der Waals surface area contributed by atoms with E-state index in [9.17, 15) is 0 Å². The first-order valence-electron chi connectivity index (χ1n) is 12.8. The van der Waals surface area contributed by atoms with Crippen LogP contribution in [0.4, 0.5) is 0 Å². The molecule has 0 aromatic heterocycles. The third kappa shape index (κ3) is 3.92. The van der Waals surface area contributed by atoms with Crippen molar-refractivity contribution in [2.24, 2.45) is 0 Å². The number of fused-ring (bicyclic) bond motifs is 5. The summed E-state index contributed by atoms with van der Waals surface area (Å²) in [5.41, 5.74) is 15.3. The SMILES string of the molecule is CC1=CC(C)(C)c2cc3c(cc21)-c1cc2c(cc1[CH]3[Zr+2]([C]1=CC=CC1)=[C](C)C)C(C)(C)C=C2C.[Cl-].[Cl-]. The summed E-state index contributed by atoms with van der Waals surface area (Å²) in [6.45, 7) is 19.0. The summed E-state index contributed by atoms with van der Waals surface area (Å²) in [6.07, 6.45) is 13.2. The Labute approximate surface area is 237 Å². The van der Waals surface area contributed by atoms with Crippen LogP contribution in [0.1, 0.15) is 98.8 Å². The summed E-state index contributed by atoms with van der Waals surface area (Å²) in [7, 11) is 0. The van der Waals surface area contributed by atoms with Crippen molar-refractivity contribution in [3.05, 3.63) is 91.3 Å². The van der Waals surface area contributed by atoms with Gasteiger partial charge in [-0.1, -0.05) is 0 Å². The summed E-state index contributed by atoms with van der Waals surface area (Å²) in [5.74, 6) is 0. The van der Waals surface area contributed by atoms with Crippen molar-refractivity contribution >= 4 is 14.4 Å². The van der Waals surface area contributed by atoms with Gasteiger partial charge in [0.1, 0.15) is 0 Å². The molecule has 0 amide bonds. The predicted molar refractivity (Wildman–Crippen MR) is 145 cm³/mol. The Hall–Kier alpha value is -1.27. The van der Waals surface area contributed by atoms with Gasteiger partial charge in [-0.3, -0.25) is 0 Å². The maximum Gasteiger partial charge on any atom is -1.00 e. The molecule has 0 nitrogen and oxygen atoms in total. The van der Waals surface area contributed by atoms with Crippen molar-refractivity contribution in [3.8, 4) is 11.1 Å². The van der Waals surface area contributed by atoms with E-state index in [-0.39, 0.29) is 35.6 Å². The fourth-order valence-corrected chi connectivity index (χ4v) is 15.3. The van der Waals surface area contributed by atoms with Crippen molar-refractivity contribution in [1.82, 2.24) is 0 Å². The van der Waals surface area contributed by atoms with Gasteiger partial charge in [0.25, 0.3) is 0 Å². The first-order valence-corrected chi connectivity index (χ1v) is 16.7. The summed E-state index contributed by atoms with van der Waals surface area (Å²) >= 11 is -2.13. The third-order valence-corrected chi connectivity index (χ3v) is 16.8. The van der Waals surface area contributed by atoms with Gasteiger partial charge in [0, 0.05) is 0 Å². The fraction of sp³-hybridized carbons (Fsp3) is 0.364. The second-order valence-electron chi connectivity index (χ2n) is 12.2. The quantitative estimate of drug-likeness (QED) is 0.502. The first kappa shape index (κ1) is 27.8. The van der Waals surface area contributed by atoms with Crippen LogP contribution in [0.5, 0.6) is 0 Å². The van der Waals surface area contributed by atoms with Crippen molar-refractivity contribution in [1.29, 1.82) is 0 Å². The average Bonchev–Trinajstić information content (AvgIpc) is 3.47. The minimum absolute atomic E-state index is 0. The van der Waals surface area contributed by atoms with Crippen LogP contribution in [0.25, 0.3) is 22.3 Å². The summed E-state index contributed by atoms with van der Waals surface area (Å²) in [6, 6.07) is 10.4. The van der Waals surface area contributed by atoms with Crippen molar-refractivity contribution < 1.29 is 46.1 Å². The van der Waals surface area contributed by atoms with Gasteiger partial charge in [0.05, 0.1) is 0 Å². The Morgan fingerprint density at radius 1 is 0.750 bits per heavy atom. The Balaban J connectivity index is 0.00000152. The molecule has 4 aliphatic rings. The second kappa shape index (κ2) is 9.18. The van der Waals surface area contributed by atoms with Gasteiger partial charge >= 0.3 is 214 Å². The number of hydrogen-bond acceptors (Lipinski definition) is 0. The molecule has 0 radical (unpaired) electrons. The van der Waals surface area contributed by atoms with Crippen LogP contribution in [0.15, 0.2) is 57.9 Å². The minimum atomic E-state index is -2.13. The molecule has 3 heteroatoms. The molecule has 0 bridgehead atoms. The molecular formula is C33H36Cl2Zr. The molecule has 0 saturated heterocycles. The molecule has 0 saturated carbocycles. The molecule has 0 unspecified atom stereocenters. The number of rotatable bonds is 2. The van der Waals surface area contributed by atoms with Gasteiger partial charge in [-0.15, -0.1) is 0 Å². The van der Waals surface area contributed by atoms with Crippen LogP contribution in [0.3, 0.4) is 0 Å². The zero-order valence-electron chi connectivity index (χ0n) is 22.7. The van der Waals surface area contributed by atoms with Crippen LogP contribution in [-0.4, -0.2) is 3.21 Å². The van der Waals surface area contributed by atoms with Gasteiger partial charge in [-0.2, -0.15) is 0 Å². The van der Waals surface area contributed by atoms with Gasteiger partial charge in [0.15, 0.2) is 0 Å². The summed E-state index contributed by atoms with van der Waals surface area (Å²) in [4.78, 5) is 0. The molecule has 0 atom stereocenters. The van der Waals surface area contributed by atoms with Crippen LogP contribution >= 0.6 is 0 Å². The van der Waals surface area contributed by atoms with Gasteiger partial charge < -0.3 is 24.8 Å². The minimum Gasteiger partial charge on any atom is -1.00 e. The monoisotopic (exact) mass is 592 g/mol. The summed E-state index contributed by atoms with van der Waals surface area (Å²) in [5, 5.41) is 0. The number of benzene rings is 2. The van der Waals surface area contributed by atoms with E-state index in [0.717, 1.165) is 6.42 Å². The fourth-order valence-electron chi connectivity index (χ4n) is 7.21. The molecular weight excluding hydrogens is 558 g/mol. The molecule has 6 rings (SSSR count). The normalized spacial score (nSPS) is 19.0. The number of halogens is 2. The first-order chi connectivity index (χ1) is 16.0. The van der Waals surface area contributed by atoms with Crippen molar-refractivity contribution in [2.75, 3.05) is 0 Å². The molecule has 0 N–H and O–H groups in total. The maximum atomic E-state index is 2.63. The van der Waals surface area contributed by atoms with Crippen LogP contribution < -0.4 is 24.8 Å². The van der Waals surface area contributed by atoms with E-state index in [0.29, 0.717) is 3.63 Å². The van der Waals surface area contributed by atoms with Crippen molar-refractivity contribution in [2.45, 2.75) is 76.3 Å². The zero-order chi connectivity index (χ0) is 24.2. The molecule has 36 heavy (non-hydrogen) atoms. The third-order valence-electron chi connectivity index (χ3n) is 8.63. The molecule has 0 fully saturated rings. The number of allylic oxidation sites excluding steroid dienone is 8. The molecule has 4 aliphatic carbocycles. The van der Waals surface area contributed by atoms with E-state index < -0.39 is 21.3 Å². The molecule has 186 valence electrons. The molecule has 0 spiro atoms. The van der Waals surface area contributed by atoms with Gasteiger partial charge in [0.2, 0.25) is 0 Å². The Bertz CT molecular complexity index is 1370. The van der Waals surface area contributed by atoms with E-state index in [1.807, 2.05) is 0 Å².